The van der Waals surface area contributed by atoms with E-state index in [1.165, 1.54) is 11.8 Å². The van der Waals surface area contributed by atoms with Crippen LogP contribution in [0.1, 0.15) is 32.8 Å². The molecular formula is C13H13N3O3S2. The summed E-state index contributed by atoms with van der Waals surface area (Å²) in [5.74, 6) is -1.21. The lowest BCUT2D eigenvalue weighted by atomic mass is 10.3. The van der Waals surface area contributed by atoms with Gasteiger partial charge in [0, 0.05) is 17.6 Å². The van der Waals surface area contributed by atoms with Gasteiger partial charge in [0.15, 0.2) is 4.34 Å². The molecule has 0 bridgehead atoms. The predicted octanol–water partition coefficient (Wildman–Crippen LogP) is 2.45. The van der Waals surface area contributed by atoms with Gasteiger partial charge in [-0.3, -0.25) is 9.78 Å². The monoisotopic (exact) mass is 323 g/mol. The summed E-state index contributed by atoms with van der Waals surface area (Å²) in [7, 11) is 0. The van der Waals surface area contributed by atoms with Crippen LogP contribution in [0, 0.1) is 6.92 Å². The third kappa shape index (κ3) is 3.79. The molecule has 2 rings (SSSR count). The van der Waals surface area contributed by atoms with E-state index in [1.807, 2.05) is 6.92 Å². The number of nitrogens with zero attached hydrogens (tertiary/aromatic N) is 2. The van der Waals surface area contributed by atoms with Crippen molar-refractivity contribution in [3.8, 4) is 0 Å². The van der Waals surface area contributed by atoms with Gasteiger partial charge >= 0.3 is 5.97 Å². The van der Waals surface area contributed by atoms with Crippen molar-refractivity contribution in [1.29, 1.82) is 0 Å². The first-order valence-electron chi connectivity index (χ1n) is 6.14. The Balaban J connectivity index is 2.20. The Bertz CT molecular complexity index is 685. The topological polar surface area (TPSA) is 92.2 Å². The first-order chi connectivity index (χ1) is 10.0. The van der Waals surface area contributed by atoms with Crippen LogP contribution in [-0.4, -0.2) is 33.5 Å². The maximum atomic E-state index is 11.7. The summed E-state index contributed by atoms with van der Waals surface area (Å²) in [5.41, 5.74) is 0.821. The lowest BCUT2D eigenvalue weighted by Gasteiger charge is -2.03. The number of carbonyl (C=O) groups is 2. The molecule has 0 aliphatic carbocycles. The number of hydrogen-bond acceptors (Lipinski definition) is 6. The molecule has 1 amide bonds. The zero-order valence-corrected chi connectivity index (χ0v) is 13.0. The minimum Gasteiger partial charge on any atom is -0.477 e. The number of aryl methyl sites for hydroxylation is 1. The Morgan fingerprint density at radius 2 is 2.24 bits per heavy atom. The molecule has 0 saturated heterocycles. The highest BCUT2D eigenvalue weighted by Crippen LogP contribution is 2.32. The van der Waals surface area contributed by atoms with Crippen molar-refractivity contribution >= 4 is 35.0 Å². The zero-order valence-electron chi connectivity index (χ0n) is 11.4. The van der Waals surface area contributed by atoms with Gasteiger partial charge in [0.25, 0.3) is 5.91 Å². The molecule has 0 aliphatic rings. The van der Waals surface area contributed by atoms with Crippen LogP contribution in [0.2, 0.25) is 0 Å². The highest BCUT2D eigenvalue weighted by Gasteiger charge is 2.15. The Kier molecular flexibility index (Phi) is 4.92. The summed E-state index contributed by atoms with van der Waals surface area (Å²) in [6.45, 7) is 4.03. The molecule has 0 fully saturated rings. The minimum absolute atomic E-state index is 0.232. The summed E-state index contributed by atoms with van der Waals surface area (Å²) in [4.78, 5) is 32.0. The molecule has 2 aromatic rings. The van der Waals surface area contributed by atoms with E-state index in [9.17, 15) is 9.59 Å². The van der Waals surface area contributed by atoms with Gasteiger partial charge < -0.3 is 10.4 Å². The molecule has 0 saturated carbocycles. The van der Waals surface area contributed by atoms with Crippen molar-refractivity contribution in [2.75, 3.05) is 6.54 Å². The van der Waals surface area contributed by atoms with E-state index in [2.05, 4.69) is 15.3 Å². The third-order valence-corrected chi connectivity index (χ3v) is 4.67. The zero-order chi connectivity index (χ0) is 15.4. The Morgan fingerprint density at radius 3 is 2.86 bits per heavy atom. The van der Waals surface area contributed by atoms with Crippen molar-refractivity contribution in [2.24, 2.45) is 0 Å². The number of hydrogen-bond donors (Lipinski definition) is 2. The Hall–Kier alpha value is -1.93. The number of nitrogens with one attached hydrogen (secondary N) is 1. The fraction of sp³-hybridized carbons (Fsp3) is 0.231. The van der Waals surface area contributed by atoms with Gasteiger partial charge in [-0.1, -0.05) is 11.8 Å². The van der Waals surface area contributed by atoms with E-state index in [1.54, 1.807) is 25.3 Å². The second-order valence-electron chi connectivity index (χ2n) is 4.04. The largest absolute Gasteiger partial charge is 0.477 e. The van der Waals surface area contributed by atoms with Gasteiger partial charge in [-0.15, -0.1) is 11.3 Å². The van der Waals surface area contributed by atoms with Crippen LogP contribution in [-0.2, 0) is 0 Å². The lowest BCUT2D eigenvalue weighted by Crippen LogP contribution is -2.23. The molecule has 21 heavy (non-hydrogen) atoms. The molecule has 0 atom stereocenters. The molecule has 0 aliphatic heterocycles. The van der Waals surface area contributed by atoms with Crippen LogP contribution in [0.3, 0.4) is 0 Å². The molecule has 0 radical (unpaired) electrons. The fourth-order valence-corrected chi connectivity index (χ4v) is 3.59. The van der Waals surface area contributed by atoms with Gasteiger partial charge in [0.2, 0.25) is 0 Å². The number of carboxylic acid groups (broad SMARTS) is 1. The standard InChI is InChI=1S/C13H13N3O3S2/c1-3-14-11(17)9-6-8(4-5-15-9)20-13-16-7(2)10(21-13)12(18)19/h4-6H,3H2,1-2H3,(H,14,17)(H,18,19). The first kappa shape index (κ1) is 15.5. The van der Waals surface area contributed by atoms with Gasteiger partial charge in [-0.2, -0.15) is 0 Å². The highest BCUT2D eigenvalue weighted by atomic mass is 32.2. The number of aromatic carboxylic acids is 1. The third-order valence-electron chi connectivity index (χ3n) is 2.48. The van der Waals surface area contributed by atoms with Crippen molar-refractivity contribution in [3.05, 3.63) is 34.6 Å². The number of amides is 1. The highest BCUT2D eigenvalue weighted by molar-refractivity contribution is 8.01. The smallest absolute Gasteiger partial charge is 0.347 e. The molecule has 0 spiro atoms. The molecule has 6 nitrogen and oxygen atoms in total. The van der Waals surface area contributed by atoms with E-state index < -0.39 is 5.97 Å². The summed E-state index contributed by atoms with van der Waals surface area (Å²) in [6, 6.07) is 3.41. The SMILES string of the molecule is CCNC(=O)c1cc(Sc2nc(C)c(C(=O)O)s2)ccn1. The van der Waals surface area contributed by atoms with E-state index >= 15 is 0 Å². The average Bonchev–Trinajstić information content (AvgIpc) is 2.80. The van der Waals surface area contributed by atoms with Gasteiger partial charge in [0.1, 0.15) is 10.6 Å². The molecule has 0 unspecified atom stereocenters. The number of rotatable bonds is 5. The van der Waals surface area contributed by atoms with Crippen molar-refractivity contribution in [3.63, 3.8) is 0 Å². The minimum atomic E-state index is -0.977. The summed E-state index contributed by atoms with van der Waals surface area (Å²) in [5, 5.41) is 11.7. The van der Waals surface area contributed by atoms with Crippen LogP contribution in [0.5, 0.6) is 0 Å². The molecule has 2 aromatic heterocycles. The van der Waals surface area contributed by atoms with E-state index in [0.717, 1.165) is 16.2 Å². The molecule has 8 heteroatoms. The Labute approximate surface area is 129 Å². The van der Waals surface area contributed by atoms with E-state index in [-0.39, 0.29) is 10.8 Å². The number of thiazole rings is 1. The number of carboxylic acids is 1. The predicted molar refractivity (Wildman–Crippen MR) is 80.2 cm³/mol. The quantitative estimate of drug-likeness (QED) is 0.878. The van der Waals surface area contributed by atoms with Crippen molar-refractivity contribution in [1.82, 2.24) is 15.3 Å². The van der Waals surface area contributed by atoms with Crippen LogP contribution >= 0.6 is 23.1 Å². The second kappa shape index (κ2) is 6.68. The van der Waals surface area contributed by atoms with E-state index in [4.69, 9.17) is 5.11 Å². The van der Waals surface area contributed by atoms with Crippen molar-refractivity contribution in [2.45, 2.75) is 23.1 Å². The lowest BCUT2D eigenvalue weighted by molar-refractivity contribution is 0.0701. The Morgan fingerprint density at radius 1 is 1.48 bits per heavy atom. The summed E-state index contributed by atoms with van der Waals surface area (Å²) >= 11 is 2.43. The van der Waals surface area contributed by atoms with E-state index in [0.29, 0.717) is 22.3 Å². The molecule has 0 aromatic carbocycles. The van der Waals surface area contributed by atoms with Gasteiger partial charge in [-0.25, -0.2) is 9.78 Å². The van der Waals surface area contributed by atoms with Gasteiger partial charge in [0.05, 0.1) is 5.69 Å². The fourth-order valence-electron chi connectivity index (χ4n) is 1.56. The number of aromatic nitrogens is 2. The molecular weight excluding hydrogens is 310 g/mol. The van der Waals surface area contributed by atoms with Crippen LogP contribution in [0.25, 0.3) is 0 Å². The normalized spacial score (nSPS) is 10.4. The number of pyridine rings is 1. The maximum Gasteiger partial charge on any atom is 0.347 e. The van der Waals surface area contributed by atoms with Crippen molar-refractivity contribution < 1.29 is 14.7 Å². The second-order valence-corrected chi connectivity index (χ2v) is 6.36. The summed E-state index contributed by atoms with van der Waals surface area (Å²) < 4.78 is 0.623. The molecule has 2 heterocycles. The van der Waals surface area contributed by atoms with Crippen LogP contribution < -0.4 is 5.32 Å². The molecule has 2 N–H and O–H groups in total. The van der Waals surface area contributed by atoms with Gasteiger partial charge in [-0.05, 0) is 26.0 Å². The molecule has 110 valence electrons. The number of carbonyl (C=O) groups excluding carboxylic acids is 1. The van der Waals surface area contributed by atoms with Crippen LogP contribution in [0.4, 0.5) is 0 Å². The summed E-state index contributed by atoms with van der Waals surface area (Å²) in [6.07, 6.45) is 1.55. The van der Waals surface area contributed by atoms with Crippen LogP contribution in [0.15, 0.2) is 27.6 Å². The average molecular weight is 323 g/mol. The first-order valence-corrected chi connectivity index (χ1v) is 7.77. The maximum absolute atomic E-state index is 11.7.